The topological polar surface area (TPSA) is 38.8 Å². The maximum Gasteiger partial charge on any atom is 0.239 e. The molecule has 0 spiro atoms. The molecule has 1 fully saturated rings. The summed E-state index contributed by atoms with van der Waals surface area (Å²) in [4.78, 5) is 19.1. The quantitative estimate of drug-likeness (QED) is 0.742. The lowest BCUT2D eigenvalue weighted by Crippen LogP contribution is -2.53. The zero-order chi connectivity index (χ0) is 14.4. The van der Waals surface area contributed by atoms with Crippen LogP contribution in [-0.4, -0.2) is 87.1 Å². The van der Waals surface area contributed by atoms with E-state index in [4.69, 9.17) is 0 Å². The Balaban J connectivity index is 2.65. The van der Waals surface area contributed by atoms with Crippen LogP contribution < -0.4 is 5.32 Å². The van der Waals surface area contributed by atoms with Crippen molar-refractivity contribution >= 4 is 5.91 Å². The van der Waals surface area contributed by atoms with Crippen LogP contribution in [0.5, 0.6) is 0 Å². The molecule has 0 saturated carbocycles. The summed E-state index contributed by atoms with van der Waals surface area (Å²) in [5, 5.41) is 3.07. The van der Waals surface area contributed by atoms with Gasteiger partial charge in [-0.05, 0) is 61.0 Å². The fourth-order valence-corrected chi connectivity index (χ4v) is 2.46. The first-order valence-electron chi connectivity index (χ1n) is 7.26. The molecule has 112 valence electrons. The van der Waals surface area contributed by atoms with Gasteiger partial charge in [-0.3, -0.25) is 4.79 Å². The molecule has 1 rings (SSSR count). The average molecular weight is 270 g/mol. The molecule has 0 aromatic heterocycles. The summed E-state index contributed by atoms with van der Waals surface area (Å²) in [5.74, 6) is 0.235. The molecule has 0 radical (unpaired) electrons. The molecule has 0 aromatic carbocycles. The van der Waals surface area contributed by atoms with E-state index in [2.05, 4.69) is 41.2 Å². The zero-order valence-electron chi connectivity index (χ0n) is 13.1. The predicted octanol–water partition coefficient (Wildman–Crippen LogP) is 0.0787. The first-order chi connectivity index (χ1) is 8.95. The number of nitrogens with zero attached hydrogens (tertiary/aromatic N) is 3. The number of carbonyl (C=O) groups is 1. The van der Waals surface area contributed by atoms with Crippen molar-refractivity contribution in [3.63, 3.8) is 0 Å². The first-order valence-corrected chi connectivity index (χ1v) is 7.26. The largest absolute Gasteiger partial charge is 0.337 e. The third kappa shape index (κ3) is 5.09. The number of carbonyl (C=O) groups excluding carboxylic acids is 1. The lowest BCUT2D eigenvalue weighted by atomic mass is 10.0. The van der Waals surface area contributed by atoms with E-state index in [9.17, 15) is 4.79 Å². The Morgan fingerprint density at radius 3 is 2.37 bits per heavy atom. The lowest BCUT2D eigenvalue weighted by Gasteiger charge is -2.39. The highest BCUT2D eigenvalue weighted by Crippen LogP contribution is 2.16. The van der Waals surface area contributed by atoms with Crippen molar-refractivity contribution in [1.82, 2.24) is 20.0 Å². The van der Waals surface area contributed by atoms with E-state index >= 15 is 0 Å². The minimum atomic E-state index is -0.0955. The van der Waals surface area contributed by atoms with Crippen LogP contribution in [0.3, 0.4) is 0 Å². The smallest absolute Gasteiger partial charge is 0.239 e. The normalized spacial score (nSPS) is 19.7. The number of nitrogens with one attached hydrogen (secondary N) is 1. The van der Waals surface area contributed by atoms with Gasteiger partial charge in [-0.2, -0.15) is 0 Å². The molecular weight excluding hydrogens is 240 g/mol. The minimum Gasteiger partial charge on any atom is -0.337 e. The fraction of sp³-hybridized carbons (Fsp3) is 0.929. The number of likely N-dealkylation sites (N-methyl/N-ethyl adjacent to an activating group) is 2. The molecule has 1 aliphatic heterocycles. The monoisotopic (exact) mass is 270 g/mol. The van der Waals surface area contributed by atoms with E-state index in [1.54, 1.807) is 0 Å². The van der Waals surface area contributed by atoms with Crippen molar-refractivity contribution < 1.29 is 4.79 Å². The van der Waals surface area contributed by atoms with Gasteiger partial charge < -0.3 is 20.0 Å². The van der Waals surface area contributed by atoms with Gasteiger partial charge in [0.15, 0.2) is 0 Å². The number of hydrogen-bond acceptors (Lipinski definition) is 4. The second kappa shape index (κ2) is 7.82. The van der Waals surface area contributed by atoms with Crippen molar-refractivity contribution in [2.75, 3.05) is 54.4 Å². The van der Waals surface area contributed by atoms with Crippen LogP contribution in [0.1, 0.15) is 19.8 Å². The standard InChI is InChI=1S/C14H30N4O/c1-12(15-2)14(19)18(11-10-16(3)4)13-6-8-17(5)9-7-13/h12-13,15H,6-11H2,1-5H3. The summed E-state index contributed by atoms with van der Waals surface area (Å²) in [6, 6.07) is 0.307. The third-order valence-electron chi connectivity index (χ3n) is 4.00. The molecule has 1 saturated heterocycles. The molecule has 1 amide bonds. The van der Waals surface area contributed by atoms with Crippen molar-refractivity contribution in [2.45, 2.75) is 31.8 Å². The van der Waals surface area contributed by atoms with Gasteiger partial charge in [-0.15, -0.1) is 0 Å². The van der Waals surface area contributed by atoms with Gasteiger partial charge in [0.25, 0.3) is 0 Å². The van der Waals surface area contributed by atoms with Gasteiger partial charge in [0.1, 0.15) is 0 Å². The van der Waals surface area contributed by atoms with Gasteiger partial charge in [-0.25, -0.2) is 0 Å². The Labute approximate surface area is 117 Å². The summed E-state index contributed by atoms with van der Waals surface area (Å²) in [5.41, 5.74) is 0. The van der Waals surface area contributed by atoms with Crippen LogP contribution in [0.15, 0.2) is 0 Å². The van der Waals surface area contributed by atoms with Gasteiger partial charge >= 0.3 is 0 Å². The Morgan fingerprint density at radius 2 is 1.89 bits per heavy atom. The van der Waals surface area contributed by atoms with Gasteiger partial charge in [-0.1, -0.05) is 0 Å². The highest BCUT2D eigenvalue weighted by molar-refractivity contribution is 5.81. The summed E-state index contributed by atoms with van der Waals surface area (Å²) >= 11 is 0. The van der Waals surface area contributed by atoms with E-state index in [1.165, 1.54) is 0 Å². The number of rotatable bonds is 6. The second-order valence-corrected chi connectivity index (χ2v) is 5.88. The zero-order valence-corrected chi connectivity index (χ0v) is 13.1. The van der Waals surface area contributed by atoms with E-state index in [0.717, 1.165) is 39.0 Å². The molecule has 1 aliphatic rings. The molecule has 5 nitrogen and oxygen atoms in total. The number of hydrogen-bond donors (Lipinski definition) is 1. The molecule has 5 heteroatoms. The van der Waals surface area contributed by atoms with Crippen LogP contribution in [0.25, 0.3) is 0 Å². The average Bonchev–Trinajstić information content (AvgIpc) is 2.39. The Hall–Kier alpha value is -0.650. The molecule has 0 bridgehead atoms. The summed E-state index contributed by atoms with van der Waals surface area (Å²) in [7, 11) is 8.11. The van der Waals surface area contributed by atoms with Gasteiger partial charge in [0, 0.05) is 19.1 Å². The highest BCUT2D eigenvalue weighted by Gasteiger charge is 2.28. The summed E-state index contributed by atoms with van der Waals surface area (Å²) in [6.45, 7) is 5.87. The van der Waals surface area contributed by atoms with Crippen LogP contribution in [0.4, 0.5) is 0 Å². The molecule has 0 aromatic rings. The number of piperidine rings is 1. The first kappa shape index (κ1) is 16.4. The third-order valence-corrected chi connectivity index (χ3v) is 4.00. The Morgan fingerprint density at radius 1 is 1.32 bits per heavy atom. The molecule has 0 aliphatic carbocycles. The van der Waals surface area contributed by atoms with Crippen molar-refractivity contribution in [1.29, 1.82) is 0 Å². The maximum atomic E-state index is 12.5. The van der Waals surface area contributed by atoms with Crippen LogP contribution in [0.2, 0.25) is 0 Å². The summed E-state index contributed by atoms with van der Waals surface area (Å²) < 4.78 is 0. The van der Waals surface area contributed by atoms with Crippen LogP contribution in [0, 0.1) is 0 Å². The van der Waals surface area contributed by atoms with Crippen LogP contribution in [-0.2, 0) is 4.79 Å². The van der Waals surface area contributed by atoms with Crippen molar-refractivity contribution in [3.8, 4) is 0 Å². The lowest BCUT2D eigenvalue weighted by molar-refractivity contribution is -0.136. The second-order valence-electron chi connectivity index (χ2n) is 5.88. The van der Waals surface area contributed by atoms with E-state index < -0.39 is 0 Å². The number of likely N-dealkylation sites (tertiary alicyclic amines) is 1. The van der Waals surface area contributed by atoms with E-state index in [1.807, 2.05) is 14.0 Å². The van der Waals surface area contributed by atoms with Crippen molar-refractivity contribution in [2.24, 2.45) is 0 Å². The fourth-order valence-electron chi connectivity index (χ4n) is 2.46. The Kier molecular flexibility index (Phi) is 6.75. The van der Waals surface area contributed by atoms with Gasteiger partial charge in [0.05, 0.1) is 6.04 Å². The molecule has 1 atom stereocenters. The molecule has 1 unspecified atom stereocenters. The minimum absolute atomic E-state index is 0.0955. The summed E-state index contributed by atoms with van der Waals surface area (Å²) in [6.07, 6.45) is 2.18. The Bertz CT molecular complexity index is 275. The highest BCUT2D eigenvalue weighted by atomic mass is 16.2. The molecule has 19 heavy (non-hydrogen) atoms. The molecule has 1 N–H and O–H groups in total. The van der Waals surface area contributed by atoms with Gasteiger partial charge in [0.2, 0.25) is 5.91 Å². The van der Waals surface area contributed by atoms with Crippen molar-refractivity contribution in [3.05, 3.63) is 0 Å². The van der Waals surface area contributed by atoms with E-state index in [0.29, 0.717) is 6.04 Å². The maximum absolute atomic E-state index is 12.5. The number of amides is 1. The molecular formula is C14H30N4O. The van der Waals surface area contributed by atoms with E-state index in [-0.39, 0.29) is 11.9 Å². The SMILES string of the molecule is CNC(C)C(=O)N(CCN(C)C)C1CCN(C)CC1. The predicted molar refractivity (Wildman–Crippen MR) is 79.3 cm³/mol. The van der Waals surface area contributed by atoms with Crippen LogP contribution >= 0.6 is 0 Å². The molecule has 1 heterocycles.